The fourth-order valence-electron chi connectivity index (χ4n) is 2.69. The highest BCUT2D eigenvalue weighted by molar-refractivity contribution is 5.73. The monoisotopic (exact) mass is 300 g/mol. The number of hydrogen-bond donors (Lipinski definition) is 0. The van der Waals surface area contributed by atoms with Gasteiger partial charge in [-0.3, -0.25) is 4.79 Å². The average Bonchev–Trinajstić information content (AvgIpc) is 2.86. The number of amides is 1. The molecule has 1 aliphatic heterocycles. The van der Waals surface area contributed by atoms with E-state index in [1.165, 1.54) is 0 Å². The zero-order valence-electron chi connectivity index (χ0n) is 13.2. The molecule has 0 atom stereocenters. The van der Waals surface area contributed by atoms with E-state index in [1.54, 1.807) is 13.1 Å². The number of anilines is 1. The standard InChI is InChI=1S/C15H20N6O/c1-11-10-12(2)21(18-11)14-4-5-16-15(17-14)20-8-6-19(7-9-20)13(3)22/h4-5,10H,6-9H2,1-3H3. The van der Waals surface area contributed by atoms with Crippen molar-refractivity contribution >= 4 is 11.9 Å². The van der Waals surface area contributed by atoms with Crippen LogP contribution in [0.4, 0.5) is 5.95 Å². The predicted molar refractivity (Wildman–Crippen MR) is 83.1 cm³/mol. The van der Waals surface area contributed by atoms with Crippen molar-refractivity contribution in [3.8, 4) is 5.82 Å². The topological polar surface area (TPSA) is 67.2 Å². The molecule has 116 valence electrons. The van der Waals surface area contributed by atoms with Crippen LogP contribution in [0.2, 0.25) is 0 Å². The Hall–Kier alpha value is -2.44. The lowest BCUT2D eigenvalue weighted by Crippen LogP contribution is -2.48. The first-order valence-corrected chi connectivity index (χ1v) is 7.42. The second-order valence-corrected chi connectivity index (χ2v) is 5.55. The van der Waals surface area contributed by atoms with E-state index in [1.807, 2.05) is 35.6 Å². The Balaban J connectivity index is 1.80. The summed E-state index contributed by atoms with van der Waals surface area (Å²) < 4.78 is 1.83. The third kappa shape index (κ3) is 2.79. The van der Waals surface area contributed by atoms with Crippen LogP contribution >= 0.6 is 0 Å². The molecule has 0 radical (unpaired) electrons. The van der Waals surface area contributed by atoms with Gasteiger partial charge >= 0.3 is 0 Å². The zero-order chi connectivity index (χ0) is 15.7. The van der Waals surface area contributed by atoms with Gasteiger partial charge in [0.05, 0.1) is 5.69 Å². The summed E-state index contributed by atoms with van der Waals surface area (Å²) in [5.41, 5.74) is 2.01. The van der Waals surface area contributed by atoms with Crippen LogP contribution in [0.15, 0.2) is 18.3 Å². The minimum absolute atomic E-state index is 0.122. The third-order valence-corrected chi connectivity index (χ3v) is 3.86. The molecule has 0 aromatic carbocycles. The molecule has 0 aliphatic carbocycles. The highest BCUT2D eigenvalue weighted by Gasteiger charge is 2.20. The van der Waals surface area contributed by atoms with Crippen LogP contribution in [0.5, 0.6) is 0 Å². The van der Waals surface area contributed by atoms with E-state index in [9.17, 15) is 4.79 Å². The van der Waals surface area contributed by atoms with Crippen molar-refractivity contribution in [2.75, 3.05) is 31.1 Å². The van der Waals surface area contributed by atoms with Gasteiger partial charge in [0.1, 0.15) is 0 Å². The van der Waals surface area contributed by atoms with Crippen molar-refractivity contribution < 1.29 is 4.79 Å². The molecule has 0 N–H and O–H groups in total. The van der Waals surface area contributed by atoms with Gasteiger partial charge in [-0.25, -0.2) is 9.67 Å². The Bertz CT molecular complexity index is 687. The molecule has 2 aromatic rings. The molecule has 7 heteroatoms. The van der Waals surface area contributed by atoms with Crippen LogP contribution in [0.3, 0.4) is 0 Å². The molecular weight excluding hydrogens is 280 g/mol. The number of nitrogens with zero attached hydrogens (tertiary/aromatic N) is 6. The molecule has 1 aliphatic rings. The molecule has 22 heavy (non-hydrogen) atoms. The number of hydrogen-bond acceptors (Lipinski definition) is 5. The molecular formula is C15H20N6O. The SMILES string of the molecule is CC(=O)N1CCN(c2nccc(-n3nc(C)cc3C)n2)CC1. The lowest BCUT2D eigenvalue weighted by Gasteiger charge is -2.34. The Kier molecular flexibility index (Phi) is 3.79. The lowest BCUT2D eigenvalue weighted by molar-refractivity contribution is -0.129. The second-order valence-electron chi connectivity index (χ2n) is 5.55. The third-order valence-electron chi connectivity index (χ3n) is 3.86. The number of carbonyl (C=O) groups excluding carboxylic acids is 1. The van der Waals surface area contributed by atoms with E-state index in [2.05, 4.69) is 20.0 Å². The summed E-state index contributed by atoms with van der Waals surface area (Å²) in [5, 5.41) is 4.46. The Labute approximate surface area is 129 Å². The minimum Gasteiger partial charge on any atom is -0.339 e. The van der Waals surface area contributed by atoms with Crippen molar-refractivity contribution in [2.24, 2.45) is 0 Å². The first-order valence-electron chi connectivity index (χ1n) is 7.42. The van der Waals surface area contributed by atoms with Crippen molar-refractivity contribution in [2.45, 2.75) is 20.8 Å². The maximum absolute atomic E-state index is 11.4. The highest BCUT2D eigenvalue weighted by atomic mass is 16.2. The summed E-state index contributed by atoms with van der Waals surface area (Å²) >= 11 is 0. The van der Waals surface area contributed by atoms with Crippen LogP contribution in [0, 0.1) is 13.8 Å². The van der Waals surface area contributed by atoms with Crippen LogP contribution < -0.4 is 4.90 Å². The molecule has 0 spiro atoms. The van der Waals surface area contributed by atoms with E-state index < -0.39 is 0 Å². The molecule has 0 bridgehead atoms. The number of carbonyl (C=O) groups is 1. The molecule has 1 amide bonds. The fourth-order valence-corrected chi connectivity index (χ4v) is 2.69. The molecule has 1 saturated heterocycles. The smallest absolute Gasteiger partial charge is 0.227 e. The molecule has 0 saturated carbocycles. The quantitative estimate of drug-likeness (QED) is 0.826. The van der Waals surface area contributed by atoms with E-state index in [-0.39, 0.29) is 5.91 Å². The molecule has 2 aromatic heterocycles. The van der Waals surface area contributed by atoms with Gasteiger partial charge < -0.3 is 9.80 Å². The van der Waals surface area contributed by atoms with E-state index in [4.69, 9.17) is 0 Å². The van der Waals surface area contributed by atoms with Gasteiger partial charge in [0, 0.05) is 51.1 Å². The number of aryl methyl sites for hydroxylation is 2. The molecule has 7 nitrogen and oxygen atoms in total. The van der Waals surface area contributed by atoms with Crippen molar-refractivity contribution in [3.05, 3.63) is 29.7 Å². The van der Waals surface area contributed by atoms with Crippen molar-refractivity contribution in [1.82, 2.24) is 24.6 Å². The molecule has 3 heterocycles. The first kappa shape index (κ1) is 14.5. The summed E-state index contributed by atoms with van der Waals surface area (Å²) in [6.07, 6.45) is 1.76. The average molecular weight is 300 g/mol. The van der Waals surface area contributed by atoms with Gasteiger partial charge in [0.25, 0.3) is 0 Å². The zero-order valence-corrected chi connectivity index (χ0v) is 13.2. The highest BCUT2D eigenvalue weighted by Crippen LogP contribution is 2.15. The van der Waals surface area contributed by atoms with Crippen molar-refractivity contribution in [1.29, 1.82) is 0 Å². The van der Waals surface area contributed by atoms with E-state index in [0.717, 1.165) is 30.3 Å². The second kappa shape index (κ2) is 5.75. The maximum atomic E-state index is 11.4. The fraction of sp³-hybridized carbons (Fsp3) is 0.467. The van der Waals surface area contributed by atoms with Gasteiger partial charge in [-0.2, -0.15) is 10.1 Å². The van der Waals surface area contributed by atoms with Gasteiger partial charge in [-0.05, 0) is 19.9 Å². The van der Waals surface area contributed by atoms with Crippen LogP contribution in [-0.2, 0) is 4.79 Å². The van der Waals surface area contributed by atoms with Gasteiger partial charge in [0.2, 0.25) is 11.9 Å². The minimum atomic E-state index is 0.122. The summed E-state index contributed by atoms with van der Waals surface area (Å²) in [5.74, 6) is 1.58. The van der Waals surface area contributed by atoms with Gasteiger partial charge in [-0.1, -0.05) is 0 Å². The van der Waals surface area contributed by atoms with E-state index >= 15 is 0 Å². The Morgan fingerprint density at radius 3 is 2.50 bits per heavy atom. The number of piperazine rings is 1. The summed E-state index contributed by atoms with van der Waals surface area (Å²) in [7, 11) is 0. The van der Waals surface area contributed by atoms with Crippen LogP contribution in [0.25, 0.3) is 5.82 Å². The van der Waals surface area contributed by atoms with Crippen LogP contribution in [-0.4, -0.2) is 56.7 Å². The molecule has 3 rings (SSSR count). The number of rotatable bonds is 2. The Morgan fingerprint density at radius 2 is 1.91 bits per heavy atom. The summed E-state index contributed by atoms with van der Waals surface area (Å²) in [6, 6.07) is 3.88. The van der Waals surface area contributed by atoms with Crippen molar-refractivity contribution in [3.63, 3.8) is 0 Å². The normalized spacial score (nSPS) is 15.2. The first-order chi connectivity index (χ1) is 10.5. The largest absolute Gasteiger partial charge is 0.339 e. The lowest BCUT2D eigenvalue weighted by atomic mass is 10.3. The maximum Gasteiger partial charge on any atom is 0.227 e. The van der Waals surface area contributed by atoms with Gasteiger partial charge in [0.15, 0.2) is 5.82 Å². The Morgan fingerprint density at radius 1 is 1.18 bits per heavy atom. The predicted octanol–water partition coefficient (Wildman–Crippen LogP) is 0.948. The van der Waals surface area contributed by atoms with Gasteiger partial charge in [-0.15, -0.1) is 0 Å². The molecule has 1 fully saturated rings. The van der Waals surface area contributed by atoms with Crippen LogP contribution in [0.1, 0.15) is 18.3 Å². The summed E-state index contributed by atoms with van der Waals surface area (Å²) in [6.45, 7) is 8.50. The summed E-state index contributed by atoms with van der Waals surface area (Å²) in [4.78, 5) is 24.3. The molecule has 0 unspecified atom stereocenters. The number of aromatic nitrogens is 4. The van der Waals surface area contributed by atoms with E-state index in [0.29, 0.717) is 19.0 Å².